The molecule has 0 saturated heterocycles. The van der Waals surface area contributed by atoms with Crippen molar-refractivity contribution in [2.75, 3.05) is 0 Å². The lowest BCUT2D eigenvalue weighted by Crippen LogP contribution is -2.55. The number of halogens is 1. The molecule has 0 spiro atoms. The fourth-order valence-corrected chi connectivity index (χ4v) is 6.77. The Morgan fingerprint density at radius 3 is 2.73 bits per heavy atom. The number of allylic oxidation sites excluding steroid dienone is 4. The minimum Gasteiger partial charge on any atom is -0.247 e. The quantitative estimate of drug-likeness (QED) is 0.508. The van der Waals surface area contributed by atoms with Gasteiger partial charge in [0, 0.05) is 5.41 Å². The summed E-state index contributed by atoms with van der Waals surface area (Å²) in [4.78, 5) is 0. The summed E-state index contributed by atoms with van der Waals surface area (Å²) in [5.41, 5.74) is 1.91. The predicted molar refractivity (Wildman–Crippen MR) is 90.3 cm³/mol. The van der Waals surface area contributed by atoms with E-state index in [0.717, 1.165) is 24.7 Å². The standard InChI is InChI=1S/C21H31F/c1-14-7-10-17-16-9-8-15-6-4-5-12-20(15,2)18(16)11-13-21(17,3)19(14)22/h4,6,8,14,16-19H,5,7,9-13H2,1-3H3/t14?,16?,17?,18?,19?,20?,21-/m0/s1. The van der Waals surface area contributed by atoms with Gasteiger partial charge in [-0.25, -0.2) is 4.39 Å². The maximum atomic E-state index is 15.1. The topological polar surface area (TPSA) is 0 Å². The second-order valence-corrected chi connectivity index (χ2v) is 9.13. The molecule has 4 aliphatic rings. The summed E-state index contributed by atoms with van der Waals surface area (Å²) in [5, 5.41) is 0. The predicted octanol–water partition coefficient (Wildman–Crippen LogP) is 6.09. The molecule has 0 aromatic rings. The van der Waals surface area contributed by atoms with E-state index in [4.69, 9.17) is 0 Å². The third-order valence-corrected chi connectivity index (χ3v) is 8.15. The molecule has 0 radical (unpaired) electrons. The van der Waals surface area contributed by atoms with Gasteiger partial charge in [-0.05, 0) is 79.6 Å². The summed E-state index contributed by atoms with van der Waals surface area (Å²) in [6.07, 6.45) is 15.1. The summed E-state index contributed by atoms with van der Waals surface area (Å²) in [5.74, 6) is 2.39. The highest BCUT2D eigenvalue weighted by atomic mass is 19.1. The second-order valence-electron chi connectivity index (χ2n) is 9.13. The molecule has 122 valence electrons. The summed E-state index contributed by atoms with van der Waals surface area (Å²) >= 11 is 0. The summed E-state index contributed by atoms with van der Waals surface area (Å²) in [7, 11) is 0. The molecule has 0 amide bonds. The maximum absolute atomic E-state index is 15.1. The van der Waals surface area contributed by atoms with Crippen molar-refractivity contribution < 1.29 is 4.39 Å². The van der Waals surface area contributed by atoms with Gasteiger partial charge in [0.25, 0.3) is 0 Å². The van der Waals surface area contributed by atoms with E-state index in [1.54, 1.807) is 5.57 Å². The number of rotatable bonds is 0. The molecule has 4 aliphatic carbocycles. The van der Waals surface area contributed by atoms with Crippen molar-refractivity contribution >= 4 is 0 Å². The molecule has 0 aromatic heterocycles. The lowest BCUT2D eigenvalue weighted by atomic mass is 9.45. The van der Waals surface area contributed by atoms with Gasteiger partial charge in [-0.1, -0.05) is 39.0 Å². The van der Waals surface area contributed by atoms with Gasteiger partial charge in [0.15, 0.2) is 0 Å². The summed E-state index contributed by atoms with van der Waals surface area (Å²) in [6.45, 7) is 6.90. The Kier molecular flexibility index (Phi) is 3.37. The number of alkyl halides is 1. The first kappa shape index (κ1) is 15.0. The molecule has 22 heavy (non-hydrogen) atoms. The molecule has 7 atom stereocenters. The highest BCUT2D eigenvalue weighted by Crippen LogP contribution is 2.64. The second kappa shape index (κ2) is 4.95. The first-order valence-corrected chi connectivity index (χ1v) is 9.48. The zero-order valence-corrected chi connectivity index (χ0v) is 14.4. The van der Waals surface area contributed by atoms with Crippen molar-refractivity contribution in [1.29, 1.82) is 0 Å². The average molecular weight is 302 g/mol. The molecule has 2 saturated carbocycles. The Balaban J connectivity index is 1.70. The van der Waals surface area contributed by atoms with Crippen molar-refractivity contribution in [1.82, 2.24) is 0 Å². The molecule has 0 bridgehead atoms. The van der Waals surface area contributed by atoms with Crippen LogP contribution < -0.4 is 0 Å². The van der Waals surface area contributed by atoms with E-state index in [1.165, 1.54) is 32.1 Å². The first-order chi connectivity index (χ1) is 10.5. The Bertz CT molecular complexity index is 518. The van der Waals surface area contributed by atoms with Crippen molar-refractivity contribution in [2.24, 2.45) is 34.5 Å². The molecule has 0 N–H and O–H groups in total. The fraction of sp³-hybridized carbons (Fsp3) is 0.810. The van der Waals surface area contributed by atoms with Crippen molar-refractivity contribution in [3.8, 4) is 0 Å². The molecule has 0 heterocycles. The van der Waals surface area contributed by atoms with Crippen LogP contribution in [-0.2, 0) is 0 Å². The average Bonchev–Trinajstić information content (AvgIpc) is 2.51. The van der Waals surface area contributed by atoms with Gasteiger partial charge in [0.2, 0.25) is 0 Å². The van der Waals surface area contributed by atoms with Gasteiger partial charge in [-0.3, -0.25) is 0 Å². The van der Waals surface area contributed by atoms with Crippen LogP contribution in [0.15, 0.2) is 23.8 Å². The lowest BCUT2D eigenvalue weighted by Gasteiger charge is -2.60. The van der Waals surface area contributed by atoms with E-state index in [0.29, 0.717) is 11.3 Å². The third kappa shape index (κ3) is 1.86. The normalized spacial score (nSPS) is 54.0. The zero-order valence-electron chi connectivity index (χ0n) is 14.4. The van der Waals surface area contributed by atoms with Gasteiger partial charge in [-0.2, -0.15) is 0 Å². The van der Waals surface area contributed by atoms with Gasteiger partial charge in [-0.15, -0.1) is 0 Å². The van der Waals surface area contributed by atoms with Crippen molar-refractivity contribution in [2.45, 2.75) is 71.9 Å². The molecular weight excluding hydrogens is 271 g/mol. The van der Waals surface area contributed by atoms with Crippen LogP contribution >= 0.6 is 0 Å². The van der Waals surface area contributed by atoms with Crippen molar-refractivity contribution in [3.63, 3.8) is 0 Å². The van der Waals surface area contributed by atoms with Crippen LogP contribution in [0.2, 0.25) is 0 Å². The van der Waals surface area contributed by atoms with Gasteiger partial charge in [0.05, 0.1) is 0 Å². The van der Waals surface area contributed by atoms with E-state index in [1.807, 2.05) is 0 Å². The Morgan fingerprint density at radius 2 is 1.91 bits per heavy atom. The van der Waals surface area contributed by atoms with Gasteiger partial charge >= 0.3 is 0 Å². The van der Waals surface area contributed by atoms with E-state index < -0.39 is 6.17 Å². The molecule has 0 aromatic carbocycles. The van der Waals surface area contributed by atoms with Gasteiger partial charge < -0.3 is 0 Å². The lowest BCUT2D eigenvalue weighted by molar-refractivity contribution is -0.115. The molecule has 0 nitrogen and oxygen atoms in total. The summed E-state index contributed by atoms with van der Waals surface area (Å²) < 4.78 is 15.1. The van der Waals surface area contributed by atoms with Crippen LogP contribution in [0.3, 0.4) is 0 Å². The number of hydrogen-bond acceptors (Lipinski definition) is 0. The first-order valence-electron chi connectivity index (χ1n) is 9.48. The molecule has 2 fully saturated rings. The Morgan fingerprint density at radius 1 is 1.09 bits per heavy atom. The smallest absolute Gasteiger partial charge is 0.108 e. The molecule has 0 aliphatic heterocycles. The minimum absolute atomic E-state index is 0.0506. The molecule has 6 unspecified atom stereocenters. The molecular formula is C21H31F. The third-order valence-electron chi connectivity index (χ3n) is 8.15. The Hall–Kier alpha value is -0.590. The van der Waals surface area contributed by atoms with Crippen LogP contribution in [0.25, 0.3) is 0 Å². The monoisotopic (exact) mass is 302 g/mol. The molecule has 4 rings (SSSR count). The maximum Gasteiger partial charge on any atom is 0.108 e. The Labute approximate surface area is 135 Å². The van der Waals surface area contributed by atoms with Crippen molar-refractivity contribution in [3.05, 3.63) is 23.8 Å². The van der Waals surface area contributed by atoms with Crippen LogP contribution in [-0.4, -0.2) is 6.17 Å². The van der Waals surface area contributed by atoms with Crippen LogP contribution in [0, 0.1) is 34.5 Å². The van der Waals surface area contributed by atoms with E-state index >= 15 is 4.39 Å². The van der Waals surface area contributed by atoms with E-state index in [2.05, 4.69) is 39.0 Å². The summed E-state index contributed by atoms with van der Waals surface area (Å²) in [6, 6.07) is 0. The fourth-order valence-electron chi connectivity index (χ4n) is 6.77. The molecule has 1 heteroatoms. The highest BCUT2D eigenvalue weighted by molar-refractivity contribution is 5.33. The largest absolute Gasteiger partial charge is 0.247 e. The highest BCUT2D eigenvalue weighted by Gasteiger charge is 2.58. The zero-order chi connectivity index (χ0) is 15.5. The number of fused-ring (bicyclic) bond motifs is 5. The SMILES string of the molecule is CC1CCC2C3CC=C4C=CCCC4(C)C3CC[C@]2(C)C1F. The van der Waals surface area contributed by atoms with E-state index in [9.17, 15) is 0 Å². The van der Waals surface area contributed by atoms with Crippen LogP contribution in [0.1, 0.15) is 65.7 Å². The van der Waals surface area contributed by atoms with Gasteiger partial charge in [0.1, 0.15) is 6.17 Å². The van der Waals surface area contributed by atoms with Crippen LogP contribution in [0.5, 0.6) is 0 Å². The number of hydrogen-bond donors (Lipinski definition) is 0. The minimum atomic E-state index is -0.586. The van der Waals surface area contributed by atoms with E-state index in [-0.39, 0.29) is 11.3 Å². The van der Waals surface area contributed by atoms with Crippen LogP contribution in [0.4, 0.5) is 4.39 Å².